The molecule has 2 rings (SSSR count). The molecular weight excluding hydrogens is 531 g/mol. The summed E-state index contributed by atoms with van der Waals surface area (Å²) < 4.78 is 3.30. The number of halogens is 3. The van der Waals surface area contributed by atoms with E-state index in [4.69, 9.17) is 0 Å². The molecule has 15 heavy (non-hydrogen) atoms. The Bertz CT molecular complexity index is 415. The van der Waals surface area contributed by atoms with E-state index in [2.05, 4.69) is 79.2 Å². The molecule has 1 aromatic rings. The Morgan fingerprint density at radius 3 is 2.53 bits per heavy atom. The van der Waals surface area contributed by atoms with Crippen LogP contribution in [-0.2, 0) is 0 Å². The second-order valence-electron chi connectivity index (χ2n) is 3.50. The summed E-state index contributed by atoms with van der Waals surface area (Å²) in [6.45, 7) is 0. The first-order valence-electron chi connectivity index (χ1n) is 4.53. The highest BCUT2D eigenvalue weighted by Gasteiger charge is 2.25. The molecule has 80 valence electrons. The molecule has 5 heteroatoms. The Labute approximate surface area is 129 Å². The van der Waals surface area contributed by atoms with Crippen LogP contribution in [0.3, 0.4) is 0 Å². The molecule has 0 atom stereocenters. The normalized spacial score (nSPS) is 15.1. The first kappa shape index (κ1) is 12.3. The monoisotopic (exact) mass is 539 g/mol. The lowest BCUT2D eigenvalue weighted by molar-refractivity contribution is 0.0950. The average molecular weight is 539 g/mol. The zero-order chi connectivity index (χ0) is 11.0. The standard InChI is InChI=1S/C10H8I3NO/c11-5-3-7(9(13)8(12)4-5)10(15)14-6-1-2-6/h3-4,6H,1-2H2,(H,14,15). The molecule has 0 aliphatic heterocycles. The van der Waals surface area contributed by atoms with Gasteiger partial charge in [-0.3, -0.25) is 4.79 Å². The van der Waals surface area contributed by atoms with Crippen LogP contribution >= 0.6 is 67.8 Å². The van der Waals surface area contributed by atoms with Crippen LogP contribution in [0.4, 0.5) is 0 Å². The number of carbonyl (C=O) groups excluding carboxylic acids is 1. The van der Waals surface area contributed by atoms with Crippen molar-refractivity contribution in [3.8, 4) is 0 Å². The van der Waals surface area contributed by atoms with Crippen LogP contribution in [0.1, 0.15) is 23.2 Å². The zero-order valence-electron chi connectivity index (χ0n) is 7.69. The van der Waals surface area contributed by atoms with Crippen molar-refractivity contribution in [1.29, 1.82) is 0 Å². The van der Waals surface area contributed by atoms with Crippen LogP contribution in [0, 0.1) is 10.7 Å². The molecule has 1 N–H and O–H groups in total. The van der Waals surface area contributed by atoms with Crippen molar-refractivity contribution >= 4 is 73.7 Å². The molecule has 0 radical (unpaired) electrons. The molecule has 0 spiro atoms. The summed E-state index contributed by atoms with van der Waals surface area (Å²) in [5.74, 6) is 0.0679. The first-order valence-corrected chi connectivity index (χ1v) is 7.77. The largest absolute Gasteiger partial charge is 0.349 e. The van der Waals surface area contributed by atoms with Gasteiger partial charge in [0.1, 0.15) is 0 Å². The van der Waals surface area contributed by atoms with E-state index in [0.717, 1.165) is 29.1 Å². The summed E-state index contributed by atoms with van der Waals surface area (Å²) in [6.07, 6.45) is 2.26. The number of nitrogens with one attached hydrogen (secondary N) is 1. The van der Waals surface area contributed by atoms with Crippen molar-refractivity contribution in [2.45, 2.75) is 18.9 Å². The van der Waals surface area contributed by atoms with Crippen LogP contribution in [0.25, 0.3) is 0 Å². The highest BCUT2D eigenvalue weighted by Crippen LogP contribution is 2.24. The fourth-order valence-corrected chi connectivity index (χ4v) is 3.61. The van der Waals surface area contributed by atoms with E-state index >= 15 is 0 Å². The number of amides is 1. The van der Waals surface area contributed by atoms with Gasteiger partial charge < -0.3 is 5.32 Å². The van der Waals surface area contributed by atoms with Gasteiger partial charge in [-0.15, -0.1) is 0 Å². The molecular formula is C10H8I3NO. The van der Waals surface area contributed by atoms with Gasteiger partial charge in [-0.05, 0) is 92.7 Å². The van der Waals surface area contributed by atoms with Gasteiger partial charge in [-0.1, -0.05) is 0 Å². The summed E-state index contributed by atoms with van der Waals surface area (Å²) in [5.41, 5.74) is 0.804. The molecule has 0 heterocycles. The van der Waals surface area contributed by atoms with Gasteiger partial charge in [0, 0.05) is 16.8 Å². The molecule has 0 aromatic heterocycles. The Hall–Kier alpha value is 0.880. The van der Waals surface area contributed by atoms with Gasteiger partial charge in [-0.2, -0.15) is 0 Å². The maximum atomic E-state index is 11.9. The number of carbonyl (C=O) groups is 1. The summed E-state index contributed by atoms with van der Waals surface area (Å²) in [4.78, 5) is 11.9. The maximum absolute atomic E-state index is 11.9. The van der Waals surface area contributed by atoms with Crippen molar-refractivity contribution in [2.24, 2.45) is 0 Å². The van der Waals surface area contributed by atoms with E-state index in [-0.39, 0.29) is 5.91 Å². The van der Waals surface area contributed by atoms with E-state index in [1.807, 2.05) is 6.07 Å². The third-order valence-corrected chi connectivity index (χ3v) is 5.82. The van der Waals surface area contributed by atoms with Crippen LogP contribution < -0.4 is 5.32 Å². The van der Waals surface area contributed by atoms with Crippen molar-refractivity contribution < 1.29 is 4.79 Å². The third-order valence-electron chi connectivity index (χ3n) is 2.15. The highest BCUT2D eigenvalue weighted by atomic mass is 127. The minimum absolute atomic E-state index is 0.0679. The minimum atomic E-state index is 0.0679. The van der Waals surface area contributed by atoms with Crippen LogP contribution in [0.15, 0.2) is 12.1 Å². The lowest BCUT2D eigenvalue weighted by Gasteiger charge is -2.07. The number of benzene rings is 1. The second kappa shape index (κ2) is 5.03. The Balaban J connectivity index is 2.28. The van der Waals surface area contributed by atoms with Crippen molar-refractivity contribution in [3.05, 3.63) is 28.4 Å². The van der Waals surface area contributed by atoms with Gasteiger partial charge in [-0.25, -0.2) is 0 Å². The molecule has 1 amide bonds. The summed E-state index contributed by atoms with van der Waals surface area (Å²) in [6, 6.07) is 4.45. The fraction of sp³-hybridized carbons (Fsp3) is 0.300. The van der Waals surface area contributed by atoms with Gasteiger partial charge in [0.25, 0.3) is 5.91 Å². The molecule has 1 aliphatic carbocycles. The molecule has 1 aromatic carbocycles. The number of hydrogen-bond acceptors (Lipinski definition) is 1. The topological polar surface area (TPSA) is 29.1 Å². The molecule has 2 nitrogen and oxygen atoms in total. The van der Waals surface area contributed by atoms with Crippen LogP contribution in [0.5, 0.6) is 0 Å². The summed E-state index contributed by atoms with van der Waals surface area (Å²) in [7, 11) is 0. The van der Waals surface area contributed by atoms with Gasteiger partial charge in [0.15, 0.2) is 0 Å². The van der Waals surface area contributed by atoms with E-state index < -0.39 is 0 Å². The maximum Gasteiger partial charge on any atom is 0.252 e. The summed E-state index contributed by atoms with van der Waals surface area (Å²) in [5, 5.41) is 3.02. The summed E-state index contributed by atoms with van der Waals surface area (Å²) >= 11 is 6.74. The smallest absolute Gasteiger partial charge is 0.252 e. The van der Waals surface area contributed by atoms with E-state index in [1.165, 1.54) is 0 Å². The predicted molar refractivity (Wildman–Crippen MR) is 85.1 cm³/mol. The Kier molecular flexibility index (Phi) is 4.14. The van der Waals surface area contributed by atoms with E-state index in [1.54, 1.807) is 0 Å². The Morgan fingerprint density at radius 1 is 1.27 bits per heavy atom. The van der Waals surface area contributed by atoms with E-state index in [9.17, 15) is 4.79 Å². The predicted octanol–water partition coefficient (Wildman–Crippen LogP) is 3.39. The van der Waals surface area contributed by atoms with Gasteiger partial charge in [0.05, 0.1) is 5.56 Å². The lowest BCUT2D eigenvalue weighted by atomic mass is 10.2. The Morgan fingerprint density at radius 2 is 1.93 bits per heavy atom. The van der Waals surface area contributed by atoms with Crippen molar-refractivity contribution in [3.63, 3.8) is 0 Å². The zero-order valence-corrected chi connectivity index (χ0v) is 14.2. The fourth-order valence-electron chi connectivity index (χ4n) is 1.21. The van der Waals surface area contributed by atoms with Gasteiger partial charge in [0.2, 0.25) is 0 Å². The second-order valence-corrected chi connectivity index (χ2v) is 6.98. The number of rotatable bonds is 2. The molecule has 1 aliphatic rings. The molecule has 0 saturated heterocycles. The van der Waals surface area contributed by atoms with Crippen molar-refractivity contribution in [2.75, 3.05) is 0 Å². The lowest BCUT2D eigenvalue weighted by Crippen LogP contribution is -2.26. The van der Waals surface area contributed by atoms with Gasteiger partial charge >= 0.3 is 0 Å². The van der Waals surface area contributed by atoms with Crippen LogP contribution in [0.2, 0.25) is 0 Å². The molecule has 0 bridgehead atoms. The van der Waals surface area contributed by atoms with Crippen LogP contribution in [-0.4, -0.2) is 11.9 Å². The van der Waals surface area contributed by atoms with E-state index in [0.29, 0.717) is 6.04 Å². The minimum Gasteiger partial charge on any atom is -0.349 e. The van der Waals surface area contributed by atoms with Crippen molar-refractivity contribution in [1.82, 2.24) is 5.32 Å². The molecule has 1 saturated carbocycles. The SMILES string of the molecule is O=C(NC1CC1)c1cc(I)cc(I)c1I. The third kappa shape index (κ3) is 3.18. The average Bonchev–Trinajstić information content (AvgIpc) is 2.94. The molecule has 1 fully saturated rings. The molecule has 0 unspecified atom stereocenters. The highest BCUT2D eigenvalue weighted by molar-refractivity contribution is 14.1. The number of hydrogen-bond donors (Lipinski definition) is 1. The first-order chi connectivity index (χ1) is 7.08. The quantitative estimate of drug-likeness (QED) is 0.454.